The molecule has 0 bridgehead atoms. The van der Waals surface area contributed by atoms with E-state index in [1.807, 2.05) is 0 Å². The molecule has 1 amide bonds. The van der Waals surface area contributed by atoms with Crippen molar-refractivity contribution in [3.63, 3.8) is 0 Å². The fourth-order valence-corrected chi connectivity index (χ4v) is 3.93. The second-order valence-electron chi connectivity index (χ2n) is 7.36. The van der Waals surface area contributed by atoms with E-state index in [0.29, 0.717) is 73.3 Å². The Morgan fingerprint density at radius 1 is 0.867 bits per heavy atom. The van der Waals surface area contributed by atoms with E-state index < -0.39 is 0 Å². The predicted octanol–water partition coefficient (Wildman–Crippen LogP) is 3.21. The molecule has 0 aromatic heterocycles. The topological polar surface area (TPSA) is 74.3 Å². The van der Waals surface area contributed by atoms with Crippen molar-refractivity contribution in [2.24, 2.45) is 5.92 Å². The molecular weight excluding hydrogens is 386 g/mol. The van der Waals surface area contributed by atoms with Gasteiger partial charge in [0.15, 0.2) is 28.8 Å². The number of hydrogen-bond donors (Lipinski definition) is 0. The molecule has 2 heterocycles. The molecule has 7 nitrogen and oxygen atoms in total. The van der Waals surface area contributed by atoms with E-state index in [0.717, 1.165) is 0 Å². The molecular formula is C23H25NO6. The van der Waals surface area contributed by atoms with Gasteiger partial charge in [0.1, 0.15) is 13.2 Å². The zero-order valence-corrected chi connectivity index (χ0v) is 17.2. The van der Waals surface area contributed by atoms with E-state index in [9.17, 15) is 9.59 Å². The molecule has 158 valence electrons. The predicted molar refractivity (Wildman–Crippen MR) is 110 cm³/mol. The second-order valence-corrected chi connectivity index (χ2v) is 7.36. The van der Waals surface area contributed by atoms with E-state index in [2.05, 4.69) is 0 Å². The molecule has 2 aliphatic rings. The van der Waals surface area contributed by atoms with Gasteiger partial charge < -0.3 is 23.8 Å². The van der Waals surface area contributed by atoms with Crippen molar-refractivity contribution in [2.75, 3.05) is 40.5 Å². The Kier molecular flexibility index (Phi) is 5.79. The summed E-state index contributed by atoms with van der Waals surface area (Å²) in [7, 11) is 3.10. The average molecular weight is 411 g/mol. The standard InChI is InChI=1S/C23H25NO6/c1-27-18-5-4-17(14-20(18)28-2)23(26)24-9-7-15(8-10-24)22(25)16-3-6-19-21(13-16)30-12-11-29-19/h3-6,13-15H,7-12H2,1-2H3. The highest BCUT2D eigenvalue weighted by atomic mass is 16.6. The fraction of sp³-hybridized carbons (Fsp3) is 0.391. The molecule has 0 unspecified atom stereocenters. The average Bonchev–Trinajstić information content (AvgIpc) is 2.82. The highest BCUT2D eigenvalue weighted by Crippen LogP contribution is 2.33. The van der Waals surface area contributed by atoms with Crippen LogP contribution < -0.4 is 18.9 Å². The normalized spacial score (nSPS) is 16.1. The first-order chi connectivity index (χ1) is 14.6. The van der Waals surface area contributed by atoms with Crippen molar-refractivity contribution in [1.29, 1.82) is 0 Å². The zero-order chi connectivity index (χ0) is 21.1. The van der Waals surface area contributed by atoms with Gasteiger partial charge in [-0.05, 0) is 49.2 Å². The summed E-state index contributed by atoms with van der Waals surface area (Å²) in [5.41, 5.74) is 1.17. The van der Waals surface area contributed by atoms with Crippen LogP contribution in [0.4, 0.5) is 0 Å². The molecule has 30 heavy (non-hydrogen) atoms. The van der Waals surface area contributed by atoms with Gasteiger partial charge >= 0.3 is 0 Å². The number of likely N-dealkylation sites (tertiary alicyclic amines) is 1. The maximum absolute atomic E-state index is 13.0. The molecule has 4 rings (SSSR count). The number of Topliss-reactive ketones (excluding diaryl/α,β-unsaturated/α-hetero) is 1. The van der Waals surface area contributed by atoms with Gasteiger partial charge in [-0.2, -0.15) is 0 Å². The van der Waals surface area contributed by atoms with Crippen LogP contribution in [-0.2, 0) is 0 Å². The van der Waals surface area contributed by atoms with Crippen LogP contribution in [0.5, 0.6) is 23.0 Å². The van der Waals surface area contributed by atoms with Gasteiger partial charge in [-0.3, -0.25) is 9.59 Å². The monoisotopic (exact) mass is 411 g/mol. The van der Waals surface area contributed by atoms with Gasteiger partial charge in [-0.25, -0.2) is 0 Å². The molecule has 0 spiro atoms. The number of methoxy groups -OCH3 is 2. The maximum Gasteiger partial charge on any atom is 0.253 e. The number of hydrogen-bond acceptors (Lipinski definition) is 6. The Bertz CT molecular complexity index is 889. The van der Waals surface area contributed by atoms with Crippen molar-refractivity contribution in [3.8, 4) is 23.0 Å². The Hall–Kier alpha value is -3.22. The maximum atomic E-state index is 13.0. The van der Waals surface area contributed by atoms with Gasteiger partial charge in [0, 0.05) is 30.1 Å². The molecule has 0 aliphatic carbocycles. The number of benzene rings is 2. The minimum Gasteiger partial charge on any atom is -0.493 e. The van der Waals surface area contributed by atoms with Crippen molar-refractivity contribution < 1.29 is 28.5 Å². The lowest BCUT2D eigenvalue weighted by Crippen LogP contribution is -2.40. The molecule has 2 aliphatic heterocycles. The van der Waals surface area contributed by atoms with Crippen molar-refractivity contribution >= 4 is 11.7 Å². The van der Waals surface area contributed by atoms with Crippen LogP contribution in [0.25, 0.3) is 0 Å². The fourth-order valence-electron chi connectivity index (χ4n) is 3.93. The molecule has 0 radical (unpaired) electrons. The lowest BCUT2D eigenvalue weighted by molar-refractivity contribution is 0.0650. The van der Waals surface area contributed by atoms with Crippen LogP contribution in [0.2, 0.25) is 0 Å². The van der Waals surface area contributed by atoms with E-state index in [1.165, 1.54) is 0 Å². The van der Waals surface area contributed by atoms with Crippen molar-refractivity contribution in [3.05, 3.63) is 47.5 Å². The number of ether oxygens (including phenoxy) is 4. The van der Waals surface area contributed by atoms with E-state index in [4.69, 9.17) is 18.9 Å². The summed E-state index contributed by atoms with van der Waals surface area (Å²) in [5, 5.41) is 0. The molecule has 2 aromatic carbocycles. The highest BCUT2D eigenvalue weighted by Gasteiger charge is 2.29. The zero-order valence-electron chi connectivity index (χ0n) is 17.2. The van der Waals surface area contributed by atoms with Crippen molar-refractivity contribution in [2.45, 2.75) is 12.8 Å². The lowest BCUT2D eigenvalue weighted by atomic mass is 9.88. The Morgan fingerprint density at radius 3 is 2.23 bits per heavy atom. The first-order valence-electron chi connectivity index (χ1n) is 10.1. The largest absolute Gasteiger partial charge is 0.493 e. The Morgan fingerprint density at radius 2 is 1.53 bits per heavy atom. The second kappa shape index (κ2) is 8.65. The van der Waals surface area contributed by atoms with E-state index in [-0.39, 0.29) is 17.6 Å². The summed E-state index contributed by atoms with van der Waals surface area (Å²) in [5.74, 6) is 2.31. The first-order valence-corrected chi connectivity index (χ1v) is 10.1. The van der Waals surface area contributed by atoms with Gasteiger partial charge in [-0.15, -0.1) is 0 Å². The molecule has 1 saturated heterocycles. The van der Waals surface area contributed by atoms with Crippen molar-refractivity contribution in [1.82, 2.24) is 4.90 Å². The molecule has 7 heteroatoms. The Balaban J connectivity index is 1.40. The van der Waals surface area contributed by atoms with Crippen LogP contribution in [0.3, 0.4) is 0 Å². The molecule has 0 N–H and O–H groups in total. The molecule has 1 fully saturated rings. The van der Waals surface area contributed by atoms with Crippen LogP contribution in [0, 0.1) is 5.92 Å². The van der Waals surface area contributed by atoms with Gasteiger partial charge in [0.05, 0.1) is 14.2 Å². The summed E-state index contributed by atoms with van der Waals surface area (Å²) in [6.07, 6.45) is 1.26. The number of nitrogens with zero attached hydrogens (tertiary/aromatic N) is 1. The minimum atomic E-state index is -0.109. The number of fused-ring (bicyclic) bond motifs is 1. The van der Waals surface area contributed by atoms with Gasteiger partial charge in [0.2, 0.25) is 0 Å². The van der Waals surface area contributed by atoms with Crippen LogP contribution >= 0.6 is 0 Å². The summed E-state index contributed by atoms with van der Waals surface area (Å²) >= 11 is 0. The van der Waals surface area contributed by atoms with E-state index >= 15 is 0 Å². The third-order valence-electron chi connectivity index (χ3n) is 5.61. The highest BCUT2D eigenvalue weighted by molar-refractivity contribution is 5.99. The minimum absolute atomic E-state index is 0.0684. The number of carbonyl (C=O) groups is 2. The number of ketones is 1. The number of rotatable bonds is 5. The summed E-state index contributed by atoms with van der Waals surface area (Å²) in [6, 6.07) is 10.5. The SMILES string of the molecule is COc1ccc(C(=O)N2CCC(C(=O)c3ccc4c(c3)OCCO4)CC2)cc1OC. The van der Waals surface area contributed by atoms with Crippen LogP contribution in [0.1, 0.15) is 33.6 Å². The van der Waals surface area contributed by atoms with Crippen LogP contribution in [0.15, 0.2) is 36.4 Å². The molecule has 0 saturated carbocycles. The molecule has 0 atom stereocenters. The number of carbonyl (C=O) groups excluding carboxylic acids is 2. The lowest BCUT2D eigenvalue weighted by Gasteiger charge is -2.31. The quantitative estimate of drug-likeness (QED) is 0.704. The first kappa shape index (κ1) is 20.1. The third kappa shape index (κ3) is 3.92. The summed E-state index contributed by atoms with van der Waals surface area (Å²) in [6.45, 7) is 2.08. The summed E-state index contributed by atoms with van der Waals surface area (Å²) in [4.78, 5) is 27.6. The number of amides is 1. The molecule has 2 aromatic rings. The third-order valence-corrected chi connectivity index (χ3v) is 5.61. The summed E-state index contributed by atoms with van der Waals surface area (Å²) < 4.78 is 21.6. The van der Waals surface area contributed by atoms with Crippen LogP contribution in [-0.4, -0.2) is 57.1 Å². The van der Waals surface area contributed by atoms with Gasteiger partial charge in [0.25, 0.3) is 5.91 Å². The van der Waals surface area contributed by atoms with Gasteiger partial charge in [-0.1, -0.05) is 0 Å². The smallest absolute Gasteiger partial charge is 0.253 e. The Labute approximate surface area is 175 Å². The van der Waals surface area contributed by atoms with E-state index in [1.54, 1.807) is 55.5 Å². The number of piperidine rings is 1.